The van der Waals surface area contributed by atoms with Crippen molar-refractivity contribution in [3.8, 4) is 11.5 Å². The summed E-state index contributed by atoms with van der Waals surface area (Å²) in [6.07, 6.45) is 1.45. The van der Waals surface area contributed by atoms with Crippen molar-refractivity contribution < 1.29 is 14.6 Å². The number of hydrogen-bond acceptors (Lipinski definition) is 5. The molecule has 0 bridgehead atoms. The van der Waals surface area contributed by atoms with Gasteiger partial charge in [0.25, 0.3) is 0 Å². The quantitative estimate of drug-likeness (QED) is 0.898. The highest BCUT2D eigenvalue weighted by molar-refractivity contribution is 9.10. The molecule has 1 atom stereocenters. The minimum absolute atomic E-state index is 0.377. The second-order valence-electron chi connectivity index (χ2n) is 4.33. The van der Waals surface area contributed by atoms with Gasteiger partial charge >= 0.3 is 0 Å². The van der Waals surface area contributed by atoms with Crippen LogP contribution in [0.2, 0.25) is 0 Å². The molecule has 0 aliphatic heterocycles. The topological polar surface area (TPSA) is 69.4 Å². The van der Waals surface area contributed by atoms with Crippen molar-refractivity contribution >= 4 is 15.9 Å². The zero-order valence-electron chi connectivity index (χ0n) is 11.5. The van der Waals surface area contributed by atoms with E-state index in [2.05, 4.69) is 26.2 Å². The van der Waals surface area contributed by atoms with Crippen LogP contribution < -0.4 is 9.47 Å². The van der Waals surface area contributed by atoms with Crippen LogP contribution in [-0.2, 0) is 13.5 Å². The van der Waals surface area contributed by atoms with Crippen LogP contribution in [0.1, 0.15) is 17.4 Å². The van der Waals surface area contributed by atoms with Crippen LogP contribution in [0.25, 0.3) is 0 Å². The number of aromatic nitrogens is 3. The molecule has 20 heavy (non-hydrogen) atoms. The van der Waals surface area contributed by atoms with Crippen molar-refractivity contribution in [2.24, 2.45) is 7.05 Å². The monoisotopic (exact) mass is 341 g/mol. The van der Waals surface area contributed by atoms with E-state index in [4.69, 9.17) is 9.47 Å². The van der Waals surface area contributed by atoms with Crippen molar-refractivity contribution in [1.82, 2.24) is 15.0 Å². The van der Waals surface area contributed by atoms with Crippen molar-refractivity contribution in [2.75, 3.05) is 14.2 Å². The Labute approximate surface area is 125 Å². The molecule has 0 amide bonds. The molecule has 2 rings (SSSR count). The van der Waals surface area contributed by atoms with E-state index in [1.165, 1.54) is 0 Å². The molecule has 2 aromatic rings. The molecule has 1 heterocycles. The van der Waals surface area contributed by atoms with Gasteiger partial charge < -0.3 is 14.6 Å². The highest BCUT2D eigenvalue weighted by Crippen LogP contribution is 2.36. The summed E-state index contributed by atoms with van der Waals surface area (Å²) >= 11 is 3.43. The summed E-state index contributed by atoms with van der Waals surface area (Å²) in [4.78, 5) is 0. The predicted octanol–water partition coefficient (Wildman–Crippen LogP) is 1.87. The largest absolute Gasteiger partial charge is 0.493 e. The molecule has 0 saturated heterocycles. The van der Waals surface area contributed by atoms with E-state index in [0.717, 1.165) is 10.2 Å². The Morgan fingerprint density at radius 1 is 1.30 bits per heavy atom. The predicted molar refractivity (Wildman–Crippen MR) is 76.9 cm³/mol. The molecule has 0 spiro atoms. The smallest absolute Gasteiger partial charge is 0.161 e. The van der Waals surface area contributed by atoms with Gasteiger partial charge in [0, 0.05) is 24.1 Å². The molecule has 1 unspecified atom stereocenters. The standard InChI is InChI=1S/C13H16BrN3O3/c1-17-7-8(15-16-17)4-11(18)9-5-12(19-2)13(20-3)6-10(9)14/h5-7,11,18H,4H2,1-3H3. The first-order valence-electron chi connectivity index (χ1n) is 5.99. The van der Waals surface area contributed by atoms with Crippen LogP contribution in [0.5, 0.6) is 11.5 Å². The van der Waals surface area contributed by atoms with E-state index in [-0.39, 0.29) is 0 Å². The average molecular weight is 342 g/mol. The lowest BCUT2D eigenvalue weighted by Gasteiger charge is -2.15. The SMILES string of the molecule is COc1cc(Br)c(C(O)Cc2cn(C)nn2)cc1OC. The normalized spacial score (nSPS) is 12.2. The minimum Gasteiger partial charge on any atom is -0.493 e. The molecule has 0 saturated carbocycles. The summed E-state index contributed by atoms with van der Waals surface area (Å²) < 4.78 is 12.8. The number of nitrogens with zero attached hydrogens (tertiary/aromatic N) is 3. The maximum Gasteiger partial charge on any atom is 0.161 e. The lowest BCUT2D eigenvalue weighted by molar-refractivity contribution is 0.176. The van der Waals surface area contributed by atoms with Crippen LogP contribution in [0.15, 0.2) is 22.8 Å². The highest BCUT2D eigenvalue weighted by Gasteiger charge is 2.17. The van der Waals surface area contributed by atoms with Gasteiger partial charge in [-0.1, -0.05) is 21.1 Å². The molecule has 6 nitrogen and oxygen atoms in total. The van der Waals surface area contributed by atoms with Crippen LogP contribution >= 0.6 is 15.9 Å². The lowest BCUT2D eigenvalue weighted by atomic mass is 10.0. The Bertz CT molecular complexity index is 601. The molecule has 0 radical (unpaired) electrons. The second kappa shape index (κ2) is 6.23. The third-order valence-corrected chi connectivity index (χ3v) is 3.60. The zero-order chi connectivity index (χ0) is 14.7. The van der Waals surface area contributed by atoms with Gasteiger partial charge in [-0.2, -0.15) is 0 Å². The first-order valence-corrected chi connectivity index (χ1v) is 6.79. The fourth-order valence-corrected chi connectivity index (χ4v) is 2.51. The molecule has 0 aliphatic rings. The summed E-state index contributed by atoms with van der Waals surface area (Å²) in [5.74, 6) is 1.18. The van der Waals surface area contributed by atoms with Crippen molar-refractivity contribution in [2.45, 2.75) is 12.5 Å². The van der Waals surface area contributed by atoms with Gasteiger partial charge in [0.2, 0.25) is 0 Å². The third-order valence-electron chi connectivity index (χ3n) is 2.91. The summed E-state index contributed by atoms with van der Waals surface area (Å²) in [5, 5.41) is 18.2. The Morgan fingerprint density at radius 2 is 1.95 bits per heavy atom. The lowest BCUT2D eigenvalue weighted by Crippen LogP contribution is -2.04. The van der Waals surface area contributed by atoms with Gasteiger partial charge in [-0.3, -0.25) is 4.68 Å². The molecule has 0 fully saturated rings. The Hall–Kier alpha value is -1.60. The van der Waals surface area contributed by atoms with Gasteiger partial charge in [-0.05, 0) is 17.7 Å². The van der Waals surface area contributed by atoms with Crippen LogP contribution in [0, 0.1) is 0 Å². The fraction of sp³-hybridized carbons (Fsp3) is 0.385. The molecular formula is C13H16BrN3O3. The van der Waals surface area contributed by atoms with Crippen molar-refractivity contribution in [1.29, 1.82) is 0 Å². The molecule has 1 aromatic heterocycles. The number of rotatable bonds is 5. The van der Waals surface area contributed by atoms with E-state index in [9.17, 15) is 5.11 Å². The van der Waals surface area contributed by atoms with Gasteiger partial charge in [0.15, 0.2) is 11.5 Å². The van der Waals surface area contributed by atoms with E-state index in [0.29, 0.717) is 23.5 Å². The first kappa shape index (κ1) is 14.8. The van der Waals surface area contributed by atoms with Crippen LogP contribution in [0.4, 0.5) is 0 Å². The second-order valence-corrected chi connectivity index (χ2v) is 5.19. The zero-order valence-corrected chi connectivity index (χ0v) is 13.1. The van der Waals surface area contributed by atoms with E-state index < -0.39 is 6.10 Å². The van der Waals surface area contributed by atoms with Crippen LogP contribution in [-0.4, -0.2) is 34.3 Å². The number of methoxy groups -OCH3 is 2. The summed E-state index contributed by atoms with van der Waals surface area (Å²) in [5.41, 5.74) is 1.44. The highest BCUT2D eigenvalue weighted by atomic mass is 79.9. The van der Waals surface area contributed by atoms with E-state index in [1.54, 1.807) is 44.3 Å². The molecule has 0 aliphatic carbocycles. The number of ether oxygens (including phenoxy) is 2. The van der Waals surface area contributed by atoms with E-state index >= 15 is 0 Å². The van der Waals surface area contributed by atoms with Gasteiger partial charge in [0.05, 0.1) is 26.0 Å². The number of hydrogen-bond donors (Lipinski definition) is 1. The van der Waals surface area contributed by atoms with E-state index in [1.807, 2.05) is 0 Å². The summed E-state index contributed by atoms with van der Waals surface area (Å²) in [7, 11) is 4.92. The van der Waals surface area contributed by atoms with Gasteiger partial charge in [-0.25, -0.2) is 0 Å². The van der Waals surface area contributed by atoms with Crippen molar-refractivity contribution in [3.63, 3.8) is 0 Å². The number of aliphatic hydroxyl groups excluding tert-OH is 1. The molecular weight excluding hydrogens is 326 g/mol. The van der Waals surface area contributed by atoms with Gasteiger partial charge in [-0.15, -0.1) is 5.10 Å². The number of benzene rings is 1. The average Bonchev–Trinajstić information content (AvgIpc) is 2.83. The number of aliphatic hydroxyl groups is 1. The summed E-state index contributed by atoms with van der Waals surface area (Å²) in [6.45, 7) is 0. The first-order chi connectivity index (χ1) is 9.55. The maximum atomic E-state index is 10.3. The summed E-state index contributed by atoms with van der Waals surface area (Å²) in [6, 6.07) is 3.53. The minimum atomic E-state index is -0.708. The van der Waals surface area contributed by atoms with Gasteiger partial charge in [0.1, 0.15) is 0 Å². The molecule has 108 valence electrons. The number of halogens is 1. The fourth-order valence-electron chi connectivity index (χ4n) is 1.92. The van der Waals surface area contributed by atoms with Crippen LogP contribution in [0.3, 0.4) is 0 Å². The Morgan fingerprint density at radius 3 is 2.50 bits per heavy atom. The molecule has 1 N–H and O–H groups in total. The Kier molecular flexibility index (Phi) is 4.61. The third kappa shape index (κ3) is 3.10. The maximum absolute atomic E-state index is 10.3. The molecule has 1 aromatic carbocycles. The number of aryl methyl sites for hydroxylation is 1. The molecule has 7 heteroatoms. The Balaban J connectivity index is 2.27. The van der Waals surface area contributed by atoms with Crippen molar-refractivity contribution in [3.05, 3.63) is 34.1 Å².